The standard InChI is InChI=1S/C16H13BrO2/c1-10-7-14(15-12(16(10)17)8-13(15)18)19-9-11-5-3-2-4-6-11/h2-7H,8-9H2,1H3. The van der Waals surface area contributed by atoms with Gasteiger partial charge in [-0.3, -0.25) is 4.79 Å². The van der Waals surface area contributed by atoms with Crippen molar-refractivity contribution in [3.63, 3.8) is 0 Å². The van der Waals surface area contributed by atoms with Gasteiger partial charge in [0.05, 0.1) is 5.56 Å². The van der Waals surface area contributed by atoms with E-state index in [0.717, 1.165) is 26.7 Å². The molecule has 0 amide bonds. The molecule has 96 valence electrons. The summed E-state index contributed by atoms with van der Waals surface area (Å²) in [5.41, 5.74) is 4.03. The molecular weight excluding hydrogens is 304 g/mol. The van der Waals surface area contributed by atoms with Gasteiger partial charge in [0, 0.05) is 10.9 Å². The molecule has 0 saturated heterocycles. The molecule has 0 saturated carbocycles. The number of aryl methyl sites for hydroxylation is 1. The second-order valence-corrected chi connectivity index (χ2v) is 5.53. The minimum absolute atomic E-state index is 0.166. The van der Waals surface area contributed by atoms with Crippen LogP contribution in [-0.4, -0.2) is 5.78 Å². The van der Waals surface area contributed by atoms with E-state index in [0.29, 0.717) is 18.8 Å². The second-order valence-electron chi connectivity index (χ2n) is 4.73. The SMILES string of the molecule is Cc1cc(OCc2ccccc2)c2c(c1Br)CC2=O. The lowest BCUT2D eigenvalue weighted by molar-refractivity contribution is 0.0961. The number of Topliss-reactive ketones (excluding diaryl/α,β-unsaturated/α-hetero) is 1. The van der Waals surface area contributed by atoms with E-state index in [1.54, 1.807) is 0 Å². The van der Waals surface area contributed by atoms with Crippen LogP contribution in [0.2, 0.25) is 0 Å². The maximum Gasteiger partial charge on any atom is 0.171 e. The van der Waals surface area contributed by atoms with Crippen molar-refractivity contribution in [3.8, 4) is 5.75 Å². The van der Waals surface area contributed by atoms with Crippen molar-refractivity contribution in [1.29, 1.82) is 0 Å². The van der Waals surface area contributed by atoms with Crippen molar-refractivity contribution in [2.24, 2.45) is 0 Å². The summed E-state index contributed by atoms with van der Waals surface area (Å²) in [4.78, 5) is 11.7. The van der Waals surface area contributed by atoms with Gasteiger partial charge in [-0.25, -0.2) is 0 Å². The van der Waals surface area contributed by atoms with E-state index in [1.807, 2.05) is 43.3 Å². The molecule has 0 aromatic heterocycles. The number of ketones is 1. The fourth-order valence-corrected chi connectivity index (χ4v) is 2.74. The third-order valence-electron chi connectivity index (χ3n) is 3.36. The van der Waals surface area contributed by atoms with Gasteiger partial charge in [0.1, 0.15) is 12.4 Å². The van der Waals surface area contributed by atoms with E-state index in [1.165, 1.54) is 0 Å². The fraction of sp³-hybridized carbons (Fsp3) is 0.188. The van der Waals surface area contributed by atoms with Gasteiger partial charge in [0.2, 0.25) is 0 Å². The minimum atomic E-state index is 0.166. The number of hydrogen-bond acceptors (Lipinski definition) is 2. The molecule has 3 heteroatoms. The van der Waals surface area contributed by atoms with Gasteiger partial charge < -0.3 is 4.74 Å². The molecule has 2 nitrogen and oxygen atoms in total. The van der Waals surface area contributed by atoms with E-state index in [4.69, 9.17) is 4.74 Å². The number of benzene rings is 2. The Labute approximate surface area is 120 Å². The summed E-state index contributed by atoms with van der Waals surface area (Å²) in [6.07, 6.45) is 0.513. The first kappa shape index (κ1) is 12.4. The van der Waals surface area contributed by atoms with Crippen LogP contribution < -0.4 is 4.74 Å². The highest BCUT2D eigenvalue weighted by Crippen LogP contribution is 2.39. The molecule has 0 unspecified atom stereocenters. The lowest BCUT2D eigenvalue weighted by atomic mass is 9.85. The Morgan fingerprint density at radius 1 is 1.26 bits per heavy atom. The van der Waals surface area contributed by atoms with Gasteiger partial charge in [-0.15, -0.1) is 0 Å². The van der Waals surface area contributed by atoms with Gasteiger partial charge >= 0.3 is 0 Å². The molecule has 0 atom stereocenters. The molecule has 0 heterocycles. The normalized spacial score (nSPS) is 12.8. The molecule has 2 aromatic carbocycles. The van der Waals surface area contributed by atoms with Gasteiger partial charge in [-0.1, -0.05) is 46.3 Å². The number of carbonyl (C=O) groups is 1. The molecule has 2 aromatic rings. The molecule has 0 N–H and O–H groups in total. The first-order chi connectivity index (χ1) is 9.16. The summed E-state index contributed by atoms with van der Waals surface area (Å²) >= 11 is 3.53. The van der Waals surface area contributed by atoms with Gasteiger partial charge in [-0.2, -0.15) is 0 Å². The van der Waals surface area contributed by atoms with Crippen molar-refractivity contribution in [2.45, 2.75) is 20.0 Å². The van der Waals surface area contributed by atoms with Crippen molar-refractivity contribution in [3.05, 3.63) is 63.1 Å². The molecule has 0 radical (unpaired) electrons. The predicted octanol–water partition coefficient (Wildman–Crippen LogP) is 4.08. The molecule has 0 spiro atoms. The summed E-state index contributed by atoms with van der Waals surface area (Å²) in [5, 5.41) is 0. The van der Waals surface area contributed by atoms with E-state index in [-0.39, 0.29) is 5.78 Å². The molecule has 1 aliphatic rings. The molecular formula is C16H13BrO2. The van der Waals surface area contributed by atoms with Gasteiger partial charge in [0.15, 0.2) is 5.78 Å². The van der Waals surface area contributed by atoms with Gasteiger partial charge in [0.25, 0.3) is 0 Å². The maximum atomic E-state index is 11.7. The Bertz CT molecular complexity index is 648. The molecule has 0 bridgehead atoms. The average molecular weight is 317 g/mol. The molecule has 0 aliphatic heterocycles. The van der Waals surface area contributed by atoms with Crippen LogP contribution in [0.15, 0.2) is 40.9 Å². The number of ether oxygens (including phenoxy) is 1. The third-order valence-corrected chi connectivity index (χ3v) is 4.46. The third kappa shape index (κ3) is 2.19. The van der Waals surface area contributed by atoms with Crippen LogP contribution in [0.1, 0.15) is 27.0 Å². The predicted molar refractivity (Wildman–Crippen MR) is 77.7 cm³/mol. The number of carbonyl (C=O) groups excluding carboxylic acids is 1. The number of fused-ring (bicyclic) bond motifs is 1. The van der Waals surface area contributed by atoms with Crippen LogP contribution >= 0.6 is 15.9 Å². The summed E-state index contributed by atoms with van der Waals surface area (Å²) in [5.74, 6) is 0.870. The van der Waals surface area contributed by atoms with Crippen LogP contribution in [0.5, 0.6) is 5.75 Å². The van der Waals surface area contributed by atoms with E-state index in [9.17, 15) is 4.79 Å². The monoisotopic (exact) mass is 316 g/mol. The highest BCUT2D eigenvalue weighted by molar-refractivity contribution is 9.10. The fourth-order valence-electron chi connectivity index (χ4n) is 2.29. The first-order valence-electron chi connectivity index (χ1n) is 6.18. The second kappa shape index (κ2) is 4.82. The zero-order valence-corrected chi connectivity index (χ0v) is 12.2. The lowest BCUT2D eigenvalue weighted by Crippen LogP contribution is -2.21. The number of halogens is 1. The highest BCUT2D eigenvalue weighted by Gasteiger charge is 2.31. The quantitative estimate of drug-likeness (QED) is 0.853. The van der Waals surface area contributed by atoms with Crippen LogP contribution in [0.3, 0.4) is 0 Å². The number of hydrogen-bond donors (Lipinski definition) is 0. The van der Waals surface area contributed by atoms with Crippen LogP contribution in [-0.2, 0) is 13.0 Å². The molecule has 19 heavy (non-hydrogen) atoms. The Balaban J connectivity index is 1.88. The van der Waals surface area contributed by atoms with Crippen molar-refractivity contribution in [2.75, 3.05) is 0 Å². The van der Waals surface area contributed by atoms with E-state index >= 15 is 0 Å². The van der Waals surface area contributed by atoms with Crippen LogP contribution in [0, 0.1) is 6.92 Å². The summed E-state index contributed by atoms with van der Waals surface area (Å²) in [6.45, 7) is 2.50. The average Bonchev–Trinajstić information content (AvgIpc) is 2.41. The highest BCUT2D eigenvalue weighted by atomic mass is 79.9. The topological polar surface area (TPSA) is 26.3 Å². The molecule has 0 fully saturated rings. The lowest BCUT2D eigenvalue weighted by Gasteiger charge is -2.24. The Kier molecular flexibility index (Phi) is 3.15. The Hall–Kier alpha value is -1.61. The zero-order valence-electron chi connectivity index (χ0n) is 10.6. The number of rotatable bonds is 3. The van der Waals surface area contributed by atoms with Crippen LogP contribution in [0.25, 0.3) is 0 Å². The first-order valence-corrected chi connectivity index (χ1v) is 6.98. The largest absolute Gasteiger partial charge is 0.488 e. The molecule has 1 aliphatic carbocycles. The summed E-state index contributed by atoms with van der Waals surface area (Å²) in [7, 11) is 0. The maximum absolute atomic E-state index is 11.7. The Morgan fingerprint density at radius 2 is 2.00 bits per heavy atom. The van der Waals surface area contributed by atoms with E-state index < -0.39 is 0 Å². The van der Waals surface area contributed by atoms with Crippen molar-refractivity contribution in [1.82, 2.24) is 0 Å². The summed E-state index contributed by atoms with van der Waals surface area (Å²) in [6, 6.07) is 11.9. The summed E-state index contributed by atoms with van der Waals surface area (Å²) < 4.78 is 6.86. The van der Waals surface area contributed by atoms with Gasteiger partial charge in [-0.05, 0) is 29.7 Å². The zero-order chi connectivity index (χ0) is 13.4. The minimum Gasteiger partial charge on any atom is -0.488 e. The van der Waals surface area contributed by atoms with Crippen LogP contribution in [0.4, 0.5) is 0 Å². The smallest absolute Gasteiger partial charge is 0.171 e. The van der Waals surface area contributed by atoms with Crippen molar-refractivity contribution >= 4 is 21.7 Å². The Morgan fingerprint density at radius 3 is 2.68 bits per heavy atom. The molecule has 3 rings (SSSR count). The van der Waals surface area contributed by atoms with Crippen molar-refractivity contribution < 1.29 is 9.53 Å². The van der Waals surface area contributed by atoms with E-state index in [2.05, 4.69) is 15.9 Å².